The molecular weight excluding hydrogens is 397 g/mol. The topological polar surface area (TPSA) is 57.8 Å². The van der Waals surface area contributed by atoms with E-state index < -0.39 is 11.9 Å². The third-order valence-electron chi connectivity index (χ3n) is 4.69. The second-order valence-corrected chi connectivity index (χ2v) is 7.82. The summed E-state index contributed by atoms with van der Waals surface area (Å²) in [6.45, 7) is 3.74. The number of benzene rings is 1. The molecule has 0 aliphatic carbocycles. The van der Waals surface area contributed by atoms with Crippen LogP contribution in [0.5, 0.6) is 0 Å². The highest BCUT2D eigenvalue weighted by Crippen LogP contribution is 2.32. The maximum Gasteiger partial charge on any atom is 0.253 e. The molecule has 4 rings (SSSR count). The molecule has 0 radical (unpaired) electrons. The Morgan fingerprint density at radius 1 is 1.21 bits per heavy atom. The van der Waals surface area contributed by atoms with Crippen LogP contribution in [0.25, 0.3) is 22.0 Å². The fourth-order valence-corrected chi connectivity index (χ4v) is 4.22. The minimum absolute atomic E-state index is 0.112. The van der Waals surface area contributed by atoms with E-state index in [-0.39, 0.29) is 11.4 Å². The molecule has 2 N–H and O–H groups in total. The number of hydrogen-bond acceptors (Lipinski definition) is 4. The Labute approximate surface area is 170 Å². The van der Waals surface area contributed by atoms with E-state index in [2.05, 4.69) is 15.3 Å². The molecule has 0 saturated heterocycles. The standard InChI is InChI=1S/C21H17ClFN3OS/c1-11-9-28-10-17(11)15-5-6-24-20(19(15)23)25-12(2)16-8-13-7-14(22)3-4-18(13)26-21(16)27/h3-10,12H,1-2H3,(H,24,25)(H,26,27). The van der Waals surface area contributed by atoms with Crippen molar-refractivity contribution in [2.45, 2.75) is 19.9 Å². The number of H-pyrrole nitrogens is 1. The summed E-state index contributed by atoms with van der Waals surface area (Å²) in [6, 6.07) is 8.23. The molecule has 0 saturated carbocycles. The van der Waals surface area contributed by atoms with Crippen LogP contribution in [-0.2, 0) is 0 Å². The number of nitrogens with one attached hydrogen (secondary N) is 2. The monoisotopic (exact) mass is 413 g/mol. The molecule has 0 bridgehead atoms. The number of pyridine rings is 2. The van der Waals surface area contributed by atoms with Gasteiger partial charge in [0.2, 0.25) is 0 Å². The fraction of sp³-hybridized carbons (Fsp3) is 0.143. The van der Waals surface area contributed by atoms with Gasteiger partial charge in [-0.3, -0.25) is 4.79 Å². The average molecular weight is 414 g/mol. The Hall–Kier alpha value is -2.70. The van der Waals surface area contributed by atoms with Gasteiger partial charge >= 0.3 is 0 Å². The summed E-state index contributed by atoms with van der Waals surface area (Å²) in [6.07, 6.45) is 1.56. The van der Waals surface area contributed by atoms with Crippen LogP contribution in [0.2, 0.25) is 5.02 Å². The zero-order chi connectivity index (χ0) is 19.8. The van der Waals surface area contributed by atoms with Gasteiger partial charge in [0, 0.05) is 33.2 Å². The van der Waals surface area contributed by atoms with Gasteiger partial charge in [0.1, 0.15) is 0 Å². The van der Waals surface area contributed by atoms with Gasteiger partial charge in [-0.1, -0.05) is 11.6 Å². The summed E-state index contributed by atoms with van der Waals surface area (Å²) in [5.41, 5.74) is 3.29. The fourth-order valence-electron chi connectivity index (χ4n) is 3.19. The summed E-state index contributed by atoms with van der Waals surface area (Å²) in [5.74, 6) is -0.322. The van der Waals surface area contributed by atoms with Gasteiger partial charge in [0.15, 0.2) is 11.6 Å². The third-order valence-corrected chi connectivity index (χ3v) is 5.79. The van der Waals surface area contributed by atoms with Crippen LogP contribution in [0.3, 0.4) is 0 Å². The predicted octanol–water partition coefficient (Wildman–Crippen LogP) is 5.93. The van der Waals surface area contributed by atoms with Crippen molar-refractivity contribution < 1.29 is 4.39 Å². The Morgan fingerprint density at radius 3 is 2.79 bits per heavy atom. The van der Waals surface area contributed by atoms with Gasteiger partial charge in [-0.25, -0.2) is 9.37 Å². The van der Waals surface area contributed by atoms with Gasteiger partial charge in [-0.2, -0.15) is 11.3 Å². The first-order chi connectivity index (χ1) is 13.4. The third kappa shape index (κ3) is 3.41. The quantitative estimate of drug-likeness (QED) is 0.436. The van der Waals surface area contributed by atoms with E-state index in [1.807, 2.05) is 17.7 Å². The number of aryl methyl sites for hydroxylation is 1. The SMILES string of the molecule is Cc1cscc1-c1ccnc(NC(C)c2cc3cc(Cl)ccc3[nH]c2=O)c1F. The van der Waals surface area contributed by atoms with Crippen molar-refractivity contribution in [1.29, 1.82) is 0 Å². The average Bonchev–Trinajstić information content (AvgIpc) is 3.09. The van der Waals surface area contributed by atoms with Gasteiger partial charge in [-0.15, -0.1) is 0 Å². The molecule has 3 heterocycles. The molecular formula is C21H17ClFN3OS. The molecule has 4 nitrogen and oxygen atoms in total. The first-order valence-electron chi connectivity index (χ1n) is 8.70. The van der Waals surface area contributed by atoms with Crippen molar-refractivity contribution >= 4 is 39.7 Å². The molecule has 3 aromatic heterocycles. The van der Waals surface area contributed by atoms with E-state index in [0.29, 0.717) is 21.7 Å². The number of fused-ring (bicyclic) bond motifs is 1. The molecule has 1 unspecified atom stereocenters. The number of hydrogen-bond donors (Lipinski definition) is 2. The molecule has 0 spiro atoms. The van der Waals surface area contributed by atoms with Gasteiger partial charge < -0.3 is 10.3 Å². The highest BCUT2D eigenvalue weighted by molar-refractivity contribution is 7.08. The van der Waals surface area contributed by atoms with Crippen LogP contribution >= 0.6 is 22.9 Å². The molecule has 1 aromatic carbocycles. The number of anilines is 1. The Bertz CT molecular complexity index is 1230. The molecule has 0 aliphatic rings. The zero-order valence-corrected chi connectivity index (χ0v) is 16.8. The van der Waals surface area contributed by atoms with Gasteiger partial charge in [0.25, 0.3) is 5.56 Å². The van der Waals surface area contributed by atoms with E-state index in [4.69, 9.17) is 11.6 Å². The van der Waals surface area contributed by atoms with Crippen molar-refractivity contribution in [2.75, 3.05) is 5.32 Å². The highest BCUT2D eigenvalue weighted by atomic mass is 35.5. The molecule has 0 aliphatic heterocycles. The van der Waals surface area contributed by atoms with Gasteiger partial charge in [0.05, 0.1) is 6.04 Å². The number of nitrogens with zero attached hydrogens (tertiary/aromatic N) is 1. The summed E-state index contributed by atoms with van der Waals surface area (Å²) in [7, 11) is 0. The molecule has 7 heteroatoms. The van der Waals surface area contributed by atoms with E-state index in [9.17, 15) is 4.79 Å². The Kier molecular flexibility index (Phi) is 4.91. The molecule has 0 amide bonds. The smallest absolute Gasteiger partial charge is 0.253 e. The highest BCUT2D eigenvalue weighted by Gasteiger charge is 2.17. The van der Waals surface area contributed by atoms with Crippen LogP contribution in [0.1, 0.15) is 24.1 Å². The number of thiophene rings is 1. The summed E-state index contributed by atoms with van der Waals surface area (Å²) in [4.78, 5) is 19.5. The second kappa shape index (κ2) is 7.37. The molecule has 4 aromatic rings. The van der Waals surface area contributed by atoms with E-state index in [1.165, 1.54) is 11.3 Å². The van der Waals surface area contributed by atoms with Crippen LogP contribution < -0.4 is 10.9 Å². The maximum atomic E-state index is 15.1. The zero-order valence-electron chi connectivity index (χ0n) is 15.2. The number of rotatable bonds is 4. The lowest BCUT2D eigenvalue weighted by molar-refractivity contribution is 0.624. The molecule has 1 atom stereocenters. The first-order valence-corrected chi connectivity index (χ1v) is 10.0. The van der Waals surface area contributed by atoms with Crippen molar-refractivity contribution in [3.8, 4) is 11.1 Å². The van der Waals surface area contributed by atoms with Crippen LogP contribution in [0.4, 0.5) is 10.2 Å². The summed E-state index contributed by atoms with van der Waals surface area (Å²) >= 11 is 7.58. The minimum atomic E-state index is -0.451. The predicted molar refractivity (Wildman–Crippen MR) is 114 cm³/mol. The van der Waals surface area contributed by atoms with Crippen molar-refractivity contribution in [2.24, 2.45) is 0 Å². The molecule has 0 fully saturated rings. The van der Waals surface area contributed by atoms with E-state index in [1.54, 1.807) is 43.5 Å². The Balaban J connectivity index is 1.70. The lowest BCUT2D eigenvalue weighted by Gasteiger charge is -2.16. The number of aromatic nitrogens is 2. The lowest BCUT2D eigenvalue weighted by Crippen LogP contribution is -2.20. The van der Waals surface area contributed by atoms with Crippen molar-refractivity contribution in [3.63, 3.8) is 0 Å². The number of aromatic amines is 1. The maximum absolute atomic E-state index is 15.1. The van der Waals surface area contributed by atoms with Gasteiger partial charge in [-0.05, 0) is 66.1 Å². The summed E-state index contributed by atoms with van der Waals surface area (Å²) < 4.78 is 15.1. The van der Waals surface area contributed by atoms with E-state index in [0.717, 1.165) is 16.5 Å². The largest absolute Gasteiger partial charge is 0.361 e. The van der Waals surface area contributed by atoms with Crippen LogP contribution in [-0.4, -0.2) is 9.97 Å². The Morgan fingerprint density at radius 2 is 2.04 bits per heavy atom. The van der Waals surface area contributed by atoms with Crippen LogP contribution in [0.15, 0.2) is 52.1 Å². The minimum Gasteiger partial charge on any atom is -0.361 e. The first kappa shape index (κ1) is 18.7. The summed E-state index contributed by atoms with van der Waals surface area (Å²) in [5, 5.41) is 8.32. The molecule has 142 valence electrons. The van der Waals surface area contributed by atoms with Crippen LogP contribution in [0, 0.1) is 12.7 Å². The van der Waals surface area contributed by atoms with Crippen molar-refractivity contribution in [1.82, 2.24) is 9.97 Å². The van der Waals surface area contributed by atoms with E-state index >= 15 is 4.39 Å². The number of halogens is 2. The molecule has 28 heavy (non-hydrogen) atoms. The lowest BCUT2D eigenvalue weighted by atomic mass is 10.1. The van der Waals surface area contributed by atoms with Crippen molar-refractivity contribution in [3.05, 3.63) is 79.6 Å². The normalized spacial score (nSPS) is 12.3. The second-order valence-electron chi connectivity index (χ2n) is 6.64.